The Morgan fingerprint density at radius 2 is 0.979 bits per heavy atom. The molecular weight excluding hydrogens is 601 g/mol. The average Bonchev–Trinajstić information content (AvgIpc) is 3.06. The number of hydrogen-bond donors (Lipinski definition) is 0. The van der Waals surface area contributed by atoms with Crippen LogP contribution in [-0.2, 0) is 18.8 Å². The van der Waals surface area contributed by atoms with Gasteiger partial charge in [-0.25, -0.2) is 0 Å². The summed E-state index contributed by atoms with van der Waals surface area (Å²) < 4.78 is 53.6. The molecule has 0 fully saturated rings. The van der Waals surface area contributed by atoms with Crippen LogP contribution in [0.4, 0.5) is 17.3 Å². The highest BCUT2D eigenvalue weighted by molar-refractivity contribution is 6.50. The van der Waals surface area contributed by atoms with Crippen molar-refractivity contribution in [1.29, 1.82) is 0 Å². The van der Waals surface area contributed by atoms with Crippen molar-refractivity contribution in [3.63, 3.8) is 0 Å². The quantitative estimate of drug-likeness (QED) is 0.0942. The van der Waals surface area contributed by atoms with Gasteiger partial charge in [0.25, 0.3) is 0 Å². The van der Waals surface area contributed by atoms with Crippen LogP contribution in [0, 0.1) is 0 Å². The van der Waals surface area contributed by atoms with Gasteiger partial charge in [0.1, 0.15) is 24.7 Å². The van der Waals surface area contributed by atoms with Crippen molar-refractivity contribution in [2.75, 3.05) is 0 Å². The molecule has 0 saturated carbocycles. The minimum Gasteiger partial charge on any atom is -0.489 e. The van der Waals surface area contributed by atoms with E-state index in [9.17, 15) is 17.3 Å². The van der Waals surface area contributed by atoms with Crippen molar-refractivity contribution in [3.05, 3.63) is 151 Å². The largest absolute Gasteiger partial charge is 0.673 e. The Balaban J connectivity index is 0.000000807. The Morgan fingerprint density at radius 3 is 1.45 bits per heavy atom. The molecule has 0 aliphatic heterocycles. The Hall–Kier alpha value is -5.11. The summed E-state index contributed by atoms with van der Waals surface area (Å²) in [6, 6.07) is 46.2. The molecule has 0 aliphatic rings. The first-order chi connectivity index (χ1) is 22.5. The number of fused-ring (bicyclic) bond motifs is 1. The standard InChI is InChI=1S/C39H36NO2.BF4/c1-39(2,3)40-26-33-16-10-11-17-36(33)37(31-18-22-34(23-19-31)41-27-29-12-6-4-7-13-29)38(40)32-20-24-35(25-21-32)42-28-30-14-8-5-9-15-30;2-1(3,4)5/h4-26H,27-28H2,1-3H3;/q+1;-1. The zero-order valence-corrected chi connectivity index (χ0v) is 26.5. The van der Waals surface area contributed by atoms with Gasteiger partial charge in [-0.15, -0.1) is 0 Å². The maximum Gasteiger partial charge on any atom is 0.673 e. The summed E-state index contributed by atoms with van der Waals surface area (Å²) >= 11 is 0. The molecule has 1 aromatic heterocycles. The van der Waals surface area contributed by atoms with Crippen LogP contribution in [0.5, 0.6) is 11.5 Å². The van der Waals surface area contributed by atoms with Gasteiger partial charge in [-0.2, -0.15) is 4.57 Å². The summed E-state index contributed by atoms with van der Waals surface area (Å²) in [4.78, 5) is 0. The predicted molar refractivity (Wildman–Crippen MR) is 182 cm³/mol. The molecule has 0 bridgehead atoms. The van der Waals surface area contributed by atoms with Crippen molar-refractivity contribution in [1.82, 2.24) is 0 Å². The summed E-state index contributed by atoms with van der Waals surface area (Å²) in [5, 5.41) is 2.42. The Kier molecular flexibility index (Phi) is 10.3. The first-order valence-electron chi connectivity index (χ1n) is 15.4. The number of pyridine rings is 1. The SMILES string of the molecule is CC(C)(C)[n+]1cc2ccccc2c(-c2ccc(OCc3ccccc3)cc2)c1-c1ccc(OCc2ccccc2)cc1.F[B-](F)(F)F. The van der Waals surface area contributed by atoms with Crippen molar-refractivity contribution in [2.24, 2.45) is 0 Å². The maximum absolute atomic E-state index is 9.75. The maximum atomic E-state index is 9.75. The molecule has 8 heteroatoms. The van der Waals surface area contributed by atoms with E-state index in [1.807, 2.05) is 36.4 Å². The smallest absolute Gasteiger partial charge is 0.489 e. The number of aromatic nitrogens is 1. The molecule has 1 heterocycles. The molecule has 6 rings (SSSR count). The van der Waals surface area contributed by atoms with E-state index in [1.165, 1.54) is 22.0 Å². The summed E-state index contributed by atoms with van der Waals surface area (Å²) in [5.41, 5.74) is 6.83. The molecule has 0 N–H and O–H groups in total. The molecule has 3 nitrogen and oxygen atoms in total. The number of benzene rings is 5. The van der Waals surface area contributed by atoms with Crippen LogP contribution in [0.2, 0.25) is 0 Å². The fourth-order valence-electron chi connectivity index (χ4n) is 5.30. The van der Waals surface area contributed by atoms with E-state index in [4.69, 9.17) is 9.47 Å². The highest BCUT2D eigenvalue weighted by Crippen LogP contribution is 2.38. The second kappa shape index (κ2) is 14.5. The minimum absolute atomic E-state index is 0.144. The van der Waals surface area contributed by atoms with Crippen LogP contribution in [-0.4, -0.2) is 7.25 Å². The topological polar surface area (TPSA) is 22.3 Å². The van der Waals surface area contributed by atoms with Crippen molar-refractivity contribution >= 4 is 18.0 Å². The lowest BCUT2D eigenvalue weighted by molar-refractivity contribution is -0.742. The first kappa shape index (κ1) is 33.3. The van der Waals surface area contributed by atoms with E-state index < -0.39 is 7.25 Å². The third-order valence-corrected chi connectivity index (χ3v) is 7.47. The van der Waals surface area contributed by atoms with E-state index in [0.29, 0.717) is 13.2 Å². The van der Waals surface area contributed by atoms with Gasteiger partial charge in [-0.3, -0.25) is 0 Å². The van der Waals surface area contributed by atoms with Crippen LogP contribution < -0.4 is 14.0 Å². The van der Waals surface area contributed by atoms with Crippen molar-refractivity contribution in [3.8, 4) is 33.9 Å². The van der Waals surface area contributed by atoms with Crippen LogP contribution in [0.15, 0.2) is 140 Å². The zero-order valence-electron chi connectivity index (χ0n) is 26.5. The molecule has 0 radical (unpaired) electrons. The Morgan fingerprint density at radius 1 is 0.553 bits per heavy atom. The summed E-state index contributed by atoms with van der Waals surface area (Å²) in [6.07, 6.45) is 2.28. The number of halogens is 4. The lowest BCUT2D eigenvalue weighted by atomic mass is 9.91. The highest BCUT2D eigenvalue weighted by atomic mass is 19.5. The third-order valence-electron chi connectivity index (χ3n) is 7.47. The van der Waals surface area contributed by atoms with E-state index >= 15 is 0 Å². The second-order valence-electron chi connectivity index (χ2n) is 12.1. The molecule has 0 amide bonds. The zero-order chi connectivity index (χ0) is 33.4. The Bertz CT molecular complexity index is 1880. The van der Waals surface area contributed by atoms with Gasteiger partial charge in [-0.05, 0) is 59.2 Å². The van der Waals surface area contributed by atoms with Gasteiger partial charge in [0, 0.05) is 37.1 Å². The van der Waals surface area contributed by atoms with Crippen LogP contribution in [0.3, 0.4) is 0 Å². The fraction of sp³-hybridized carbons (Fsp3) is 0.154. The highest BCUT2D eigenvalue weighted by Gasteiger charge is 2.31. The molecule has 0 aliphatic carbocycles. The van der Waals surface area contributed by atoms with Gasteiger partial charge in [0.05, 0.1) is 5.56 Å². The fourth-order valence-corrected chi connectivity index (χ4v) is 5.30. The molecule has 0 atom stereocenters. The van der Waals surface area contributed by atoms with Gasteiger partial charge in [-0.1, -0.05) is 91.0 Å². The molecule has 47 heavy (non-hydrogen) atoms. The van der Waals surface area contributed by atoms with Crippen LogP contribution in [0.1, 0.15) is 31.9 Å². The molecule has 6 aromatic rings. The minimum atomic E-state index is -6.00. The lowest BCUT2D eigenvalue weighted by Gasteiger charge is -2.21. The summed E-state index contributed by atoms with van der Waals surface area (Å²) in [5.74, 6) is 1.71. The molecule has 0 spiro atoms. The normalized spacial score (nSPS) is 11.5. The number of ether oxygens (including phenoxy) is 2. The molecule has 0 unspecified atom stereocenters. The molecule has 5 aromatic carbocycles. The van der Waals surface area contributed by atoms with E-state index in [2.05, 4.69) is 129 Å². The number of hydrogen-bond acceptors (Lipinski definition) is 2. The van der Waals surface area contributed by atoms with Gasteiger partial charge < -0.3 is 26.7 Å². The van der Waals surface area contributed by atoms with Crippen molar-refractivity contribution < 1.29 is 31.3 Å². The third kappa shape index (κ3) is 9.22. The predicted octanol–water partition coefficient (Wildman–Crippen LogP) is 10.7. The lowest BCUT2D eigenvalue weighted by Crippen LogP contribution is -2.51. The van der Waals surface area contributed by atoms with E-state index in [0.717, 1.165) is 33.8 Å². The second-order valence-corrected chi connectivity index (χ2v) is 12.1. The van der Waals surface area contributed by atoms with Gasteiger partial charge in [0.2, 0.25) is 5.69 Å². The molecule has 0 saturated heterocycles. The van der Waals surface area contributed by atoms with Gasteiger partial charge >= 0.3 is 7.25 Å². The number of rotatable bonds is 8. The molecular formula is C39H36BF4NO2. The molecule has 240 valence electrons. The van der Waals surface area contributed by atoms with E-state index in [-0.39, 0.29) is 5.54 Å². The summed E-state index contributed by atoms with van der Waals surface area (Å²) in [7, 11) is -6.00. The number of nitrogens with zero attached hydrogens (tertiary/aromatic N) is 1. The van der Waals surface area contributed by atoms with Crippen molar-refractivity contribution in [2.45, 2.75) is 39.5 Å². The van der Waals surface area contributed by atoms with Crippen LogP contribution >= 0.6 is 0 Å². The van der Waals surface area contributed by atoms with Gasteiger partial charge in [0.15, 0.2) is 11.7 Å². The van der Waals surface area contributed by atoms with Crippen LogP contribution in [0.25, 0.3) is 33.2 Å². The first-order valence-corrected chi connectivity index (χ1v) is 15.4. The monoisotopic (exact) mass is 637 g/mol. The average molecular weight is 638 g/mol. The summed E-state index contributed by atoms with van der Waals surface area (Å²) in [6.45, 7) is 7.86. The Labute approximate surface area is 273 Å². The van der Waals surface area contributed by atoms with E-state index in [1.54, 1.807) is 0 Å².